The van der Waals surface area contributed by atoms with Gasteiger partial charge in [0.25, 0.3) is 5.91 Å². The molecule has 0 spiro atoms. The normalized spacial score (nSPS) is 19.7. The maximum Gasteiger partial charge on any atom is 0.260 e. The SMILES string of the molecule is COc1cc(C)ccc1OCC(=O)N1CCC(N)C(C)(C)C1.Cl. The third-order valence-electron chi connectivity index (χ3n) is 4.34. The van der Waals surface area contributed by atoms with E-state index in [0.717, 1.165) is 12.0 Å². The first-order chi connectivity index (χ1) is 10.3. The molecule has 0 saturated carbocycles. The molecule has 1 unspecified atom stereocenters. The number of aryl methyl sites for hydroxylation is 1. The maximum atomic E-state index is 12.4. The Kier molecular flexibility index (Phi) is 6.71. The van der Waals surface area contributed by atoms with E-state index in [0.29, 0.717) is 24.6 Å². The van der Waals surface area contributed by atoms with Crippen molar-refractivity contribution in [1.82, 2.24) is 4.90 Å². The Morgan fingerprint density at radius 3 is 2.70 bits per heavy atom. The molecule has 5 nitrogen and oxygen atoms in total. The summed E-state index contributed by atoms with van der Waals surface area (Å²) < 4.78 is 10.9. The number of rotatable bonds is 4. The highest BCUT2D eigenvalue weighted by atomic mass is 35.5. The van der Waals surface area contributed by atoms with Crippen molar-refractivity contribution >= 4 is 18.3 Å². The quantitative estimate of drug-likeness (QED) is 0.912. The molecule has 6 heteroatoms. The number of hydrogen-bond acceptors (Lipinski definition) is 4. The van der Waals surface area contributed by atoms with Crippen molar-refractivity contribution < 1.29 is 14.3 Å². The van der Waals surface area contributed by atoms with Gasteiger partial charge in [-0.2, -0.15) is 0 Å². The molecule has 1 heterocycles. The first-order valence-electron chi connectivity index (χ1n) is 7.64. The number of nitrogens with two attached hydrogens (primary N) is 1. The predicted molar refractivity (Wildman–Crippen MR) is 93.4 cm³/mol. The maximum absolute atomic E-state index is 12.4. The number of benzene rings is 1. The van der Waals surface area contributed by atoms with Crippen LogP contribution >= 0.6 is 12.4 Å². The summed E-state index contributed by atoms with van der Waals surface area (Å²) in [5.41, 5.74) is 7.13. The van der Waals surface area contributed by atoms with Crippen LogP contribution in [0.2, 0.25) is 0 Å². The van der Waals surface area contributed by atoms with E-state index >= 15 is 0 Å². The molecule has 1 fully saturated rings. The van der Waals surface area contributed by atoms with Crippen LogP contribution in [0.15, 0.2) is 18.2 Å². The minimum Gasteiger partial charge on any atom is -0.493 e. The Morgan fingerprint density at radius 1 is 1.39 bits per heavy atom. The monoisotopic (exact) mass is 342 g/mol. The van der Waals surface area contributed by atoms with E-state index < -0.39 is 0 Å². The van der Waals surface area contributed by atoms with Crippen LogP contribution in [-0.2, 0) is 4.79 Å². The summed E-state index contributed by atoms with van der Waals surface area (Å²) in [7, 11) is 1.60. The number of piperidine rings is 1. The highest BCUT2D eigenvalue weighted by Gasteiger charge is 2.35. The van der Waals surface area contributed by atoms with Crippen LogP contribution in [0, 0.1) is 12.3 Å². The number of hydrogen-bond donors (Lipinski definition) is 1. The molecular weight excluding hydrogens is 316 g/mol. The van der Waals surface area contributed by atoms with Crippen LogP contribution in [0.5, 0.6) is 11.5 Å². The van der Waals surface area contributed by atoms with Gasteiger partial charge in [-0.25, -0.2) is 0 Å². The first-order valence-corrected chi connectivity index (χ1v) is 7.64. The fraction of sp³-hybridized carbons (Fsp3) is 0.588. The van der Waals surface area contributed by atoms with E-state index in [-0.39, 0.29) is 36.4 Å². The van der Waals surface area contributed by atoms with Gasteiger partial charge in [-0.3, -0.25) is 4.79 Å². The zero-order chi connectivity index (χ0) is 16.3. The number of carbonyl (C=O) groups is 1. The van der Waals surface area contributed by atoms with Crippen molar-refractivity contribution in [3.63, 3.8) is 0 Å². The fourth-order valence-electron chi connectivity index (χ4n) is 2.71. The highest BCUT2D eigenvalue weighted by molar-refractivity contribution is 5.85. The smallest absolute Gasteiger partial charge is 0.260 e. The Bertz CT molecular complexity index is 549. The van der Waals surface area contributed by atoms with Gasteiger partial charge >= 0.3 is 0 Å². The summed E-state index contributed by atoms with van der Waals surface area (Å²) in [6, 6.07) is 5.79. The second kappa shape index (κ2) is 7.88. The van der Waals surface area contributed by atoms with Crippen LogP contribution in [0.1, 0.15) is 25.8 Å². The van der Waals surface area contributed by atoms with Gasteiger partial charge in [-0.15, -0.1) is 12.4 Å². The van der Waals surface area contributed by atoms with E-state index in [9.17, 15) is 4.79 Å². The molecule has 2 rings (SSSR count). The van der Waals surface area contributed by atoms with Gasteiger partial charge in [0.15, 0.2) is 18.1 Å². The second-order valence-electron chi connectivity index (χ2n) is 6.64. The van der Waals surface area contributed by atoms with Crippen LogP contribution in [0.4, 0.5) is 0 Å². The Morgan fingerprint density at radius 2 is 2.09 bits per heavy atom. The number of likely N-dealkylation sites (tertiary alicyclic amines) is 1. The first kappa shape index (κ1) is 19.6. The molecule has 1 saturated heterocycles. The summed E-state index contributed by atoms with van der Waals surface area (Å²) in [4.78, 5) is 14.2. The molecule has 23 heavy (non-hydrogen) atoms. The molecule has 1 amide bonds. The lowest BCUT2D eigenvalue weighted by molar-refractivity contribution is -0.136. The standard InChI is InChI=1S/C17H26N2O3.ClH/c1-12-5-6-13(14(9-12)21-4)22-10-16(20)19-8-7-15(18)17(2,3)11-19;/h5-6,9,15H,7-8,10-11,18H2,1-4H3;1H. The van der Waals surface area contributed by atoms with Crippen LogP contribution in [0.25, 0.3) is 0 Å². The van der Waals surface area contributed by atoms with Crippen LogP contribution < -0.4 is 15.2 Å². The number of carbonyl (C=O) groups excluding carboxylic acids is 1. The largest absolute Gasteiger partial charge is 0.493 e. The molecule has 0 aromatic heterocycles. The zero-order valence-electron chi connectivity index (χ0n) is 14.3. The average Bonchev–Trinajstić information content (AvgIpc) is 2.48. The fourth-order valence-corrected chi connectivity index (χ4v) is 2.71. The molecule has 0 aliphatic carbocycles. The van der Waals surface area contributed by atoms with Crippen molar-refractivity contribution in [2.24, 2.45) is 11.1 Å². The van der Waals surface area contributed by atoms with Gasteiger partial charge in [-0.1, -0.05) is 19.9 Å². The van der Waals surface area contributed by atoms with Crippen molar-refractivity contribution in [3.8, 4) is 11.5 Å². The molecule has 2 N–H and O–H groups in total. The van der Waals surface area contributed by atoms with Gasteiger partial charge < -0.3 is 20.1 Å². The second-order valence-corrected chi connectivity index (χ2v) is 6.64. The predicted octanol–water partition coefficient (Wildman–Crippen LogP) is 2.39. The van der Waals surface area contributed by atoms with Gasteiger partial charge in [0.05, 0.1) is 7.11 Å². The van der Waals surface area contributed by atoms with Gasteiger partial charge in [0.1, 0.15) is 0 Å². The summed E-state index contributed by atoms with van der Waals surface area (Å²) >= 11 is 0. The zero-order valence-corrected chi connectivity index (χ0v) is 15.1. The Balaban J connectivity index is 0.00000264. The number of amides is 1. The molecule has 1 aliphatic rings. The molecule has 1 aliphatic heterocycles. The highest BCUT2D eigenvalue weighted by Crippen LogP contribution is 2.29. The van der Waals surface area contributed by atoms with Crippen LogP contribution in [0.3, 0.4) is 0 Å². The molecule has 130 valence electrons. The number of halogens is 1. The van der Waals surface area contributed by atoms with E-state index in [4.69, 9.17) is 15.2 Å². The van der Waals surface area contributed by atoms with E-state index in [2.05, 4.69) is 13.8 Å². The molecule has 1 atom stereocenters. The lowest BCUT2D eigenvalue weighted by Crippen LogP contribution is -2.54. The third-order valence-corrected chi connectivity index (χ3v) is 4.34. The molecule has 1 aromatic rings. The topological polar surface area (TPSA) is 64.8 Å². The number of ether oxygens (including phenoxy) is 2. The number of nitrogens with zero attached hydrogens (tertiary/aromatic N) is 1. The lowest BCUT2D eigenvalue weighted by atomic mass is 9.80. The van der Waals surface area contributed by atoms with Crippen molar-refractivity contribution in [2.45, 2.75) is 33.2 Å². The third kappa shape index (κ3) is 4.75. The summed E-state index contributed by atoms with van der Waals surface area (Å²) in [5, 5.41) is 0. The summed E-state index contributed by atoms with van der Waals surface area (Å²) in [5.74, 6) is 1.23. The lowest BCUT2D eigenvalue weighted by Gasteiger charge is -2.42. The van der Waals surface area contributed by atoms with E-state index in [1.807, 2.05) is 30.0 Å². The molecule has 1 aromatic carbocycles. The van der Waals surface area contributed by atoms with Gasteiger partial charge in [0.2, 0.25) is 0 Å². The van der Waals surface area contributed by atoms with Crippen LogP contribution in [-0.4, -0.2) is 43.7 Å². The number of methoxy groups -OCH3 is 1. The minimum absolute atomic E-state index is 0. The summed E-state index contributed by atoms with van der Waals surface area (Å²) in [6.45, 7) is 7.56. The Labute approximate surface area is 144 Å². The summed E-state index contributed by atoms with van der Waals surface area (Å²) in [6.07, 6.45) is 0.826. The average molecular weight is 343 g/mol. The van der Waals surface area contributed by atoms with Crippen molar-refractivity contribution in [3.05, 3.63) is 23.8 Å². The Hall–Kier alpha value is -1.46. The van der Waals surface area contributed by atoms with Gasteiger partial charge in [-0.05, 0) is 36.5 Å². The molecular formula is C17H27ClN2O3. The van der Waals surface area contributed by atoms with Crippen molar-refractivity contribution in [1.29, 1.82) is 0 Å². The molecule has 0 bridgehead atoms. The van der Waals surface area contributed by atoms with E-state index in [1.54, 1.807) is 7.11 Å². The van der Waals surface area contributed by atoms with Gasteiger partial charge in [0, 0.05) is 19.1 Å². The minimum atomic E-state index is -0.0601. The van der Waals surface area contributed by atoms with Crippen molar-refractivity contribution in [2.75, 3.05) is 26.8 Å². The molecule has 0 radical (unpaired) electrons. The van der Waals surface area contributed by atoms with E-state index in [1.165, 1.54) is 0 Å².